The number of oxime groups is 1. The minimum absolute atomic E-state index is 0.0847. The average Bonchev–Trinajstić information content (AvgIpc) is 2.93. The highest BCUT2D eigenvalue weighted by Crippen LogP contribution is 2.18. The van der Waals surface area contributed by atoms with E-state index in [4.69, 9.17) is 20.4 Å². The third kappa shape index (κ3) is 2.92. The van der Waals surface area contributed by atoms with Crippen molar-refractivity contribution in [3.63, 3.8) is 0 Å². The molecule has 1 aromatic heterocycles. The third-order valence-electron chi connectivity index (χ3n) is 2.34. The van der Waals surface area contributed by atoms with Crippen molar-refractivity contribution in [2.75, 3.05) is 7.11 Å². The summed E-state index contributed by atoms with van der Waals surface area (Å²) in [6.45, 7) is 0.0847. The zero-order valence-corrected chi connectivity index (χ0v) is 10.1. The Bertz CT molecular complexity index is 564. The molecular weight excluding hydrogens is 252 g/mol. The maximum Gasteiger partial charge on any atom is 0.194 e. The van der Waals surface area contributed by atoms with Crippen LogP contribution in [0.25, 0.3) is 0 Å². The summed E-state index contributed by atoms with van der Waals surface area (Å²) in [5.74, 6) is 1.16. The van der Waals surface area contributed by atoms with Crippen LogP contribution in [0, 0.1) is 0 Å². The number of rotatable bonds is 5. The molecule has 0 radical (unpaired) electrons. The second kappa shape index (κ2) is 5.71. The number of nitrogens with two attached hydrogens (primary N) is 1. The molecule has 0 aliphatic carbocycles. The van der Waals surface area contributed by atoms with Crippen molar-refractivity contribution in [1.29, 1.82) is 0 Å². The molecule has 0 unspecified atom stereocenters. The van der Waals surface area contributed by atoms with Crippen molar-refractivity contribution in [3.05, 3.63) is 35.7 Å². The van der Waals surface area contributed by atoms with Crippen molar-refractivity contribution < 1.29 is 19.3 Å². The summed E-state index contributed by atoms with van der Waals surface area (Å²) in [5.41, 5.74) is 5.90. The number of aromatic nitrogens is 2. The molecule has 0 saturated carbocycles. The molecule has 0 fully saturated rings. The van der Waals surface area contributed by atoms with Crippen LogP contribution in [0.15, 0.2) is 34.1 Å². The number of hydrogen-bond acceptors (Lipinski definition) is 7. The monoisotopic (exact) mass is 264 g/mol. The minimum atomic E-state index is -0.186. The minimum Gasteiger partial charge on any atom is -0.497 e. The van der Waals surface area contributed by atoms with E-state index in [1.54, 1.807) is 31.4 Å². The SMILES string of the molecule is COc1ccc(OCc2nonc2/C(N)=N/O)cc1. The third-order valence-corrected chi connectivity index (χ3v) is 2.34. The molecule has 0 spiro atoms. The fourth-order valence-corrected chi connectivity index (χ4v) is 1.37. The summed E-state index contributed by atoms with van der Waals surface area (Å²) < 4.78 is 15.0. The molecule has 1 aromatic carbocycles. The first-order chi connectivity index (χ1) is 9.24. The van der Waals surface area contributed by atoms with Gasteiger partial charge in [0.25, 0.3) is 0 Å². The van der Waals surface area contributed by atoms with E-state index in [9.17, 15) is 0 Å². The van der Waals surface area contributed by atoms with Crippen LogP contribution in [0.4, 0.5) is 0 Å². The van der Waals surface area contributed by atoms with Gasteiger partial charge in [0, 0.05) is 0 Å². The van der Waals surface area contributed by atoms with Crippen molar-refractivity contribution in [3.8, 4) is 11.5 Å². The highest BCUT2D eigenvalue weighted by atomic mass is 16.6. The Morgan fingerprint density at radius 3 is 2.63 bits per heavy atom. The predicted molar refractivity (Wildman–Crippen MR) is 64.1 cm³/mol. The largest absolute Gasteiger partial charge is 0.497 e. The highest BCUT2D eigenvalue weighted by molar-refractivity contribution is 5.95. The van der Waals surface area contributed by atoms with E-state index in [1.807, 2.05) is 0 Å². The molecule has 8 nitrogen and oxygen atoms in total. The maximum atomic E-state index is 8.57. The number of hydrogen-bond donors (Lipinski definition) is 2. The van der Waals surface area contributed by atoms with Gasteiger partial charge < -0.3 is 20.4 Å². The van der Waals surface area contributed by atoms with E-state index in [1.165, 1.54) is 0 Å². The van der Waals surface area contributed by atoms with E-state index < -0.39 is 0 Å². The Morgan fingerprint density at radius 2 is 2.00 bits per heavy atom. The molecule has 0 saturated heterocycles. The lowest BCUT2D eigenvalue weighted by Crippen LogP contribution is -2.16. The fraction of sp³-hybridized carbons (Fsp3) is 0.182. The molecule has 0 atom stereocenters. The average molecular weight is 264 g/mol. The standard InChI is InChI=1S/C11H12N4O4/c1-17-7-2-4-8(5-3-7)18-6-9-10(11(12)13-16)15-19-14-9/h2-5,16H,6H2,1H3,(H2,12,13). The molecule has 8 heteroatoms. The molecule has 0 bridgehead atoms. The molecular formula is C11H12N4O4. The quantitative estimate of drug-likeness (QED) is 0.354. The molecule has 0 aliphatic rings. The number of benzene rings is 1. The summed E-state index contributed by atoms with van der Waals surface area (Å²) in [7, 11) is 1.58. The van der Waals surface area contributed by atoms with E-state index in [0.717, 1.165) is 5.75 Å². The van der Waals surface area contributed by atoms with Gasteiger partial charge in [0.15, 0.2) is 17.2 Å². The van der Waals surface area contributed by atoms with Crippen LogP contribution in [-0.2, 0) is 6.61 Å². The van der Waals surface area contributed by atoms with Crippen LogP contribution in [0.5, 0.6) is 11.5 Å². The summed E-state index contributed by atoms with van der Waals surface area (Å²) in [4.78, 5) is 0. The van der Waals surface area contributed by atoms with E-state index in [0.29, 0.717) is 11.4 Å². The first-order valence-corrected chi connectivity index (χ1v) is 5.30. The first kappa shape index (κ1) is 12.7. The number of ether oxygens (including phenoxy) is 2. The van der Waals surface area contributed by atoms with Gasteiger partial charge in [-0.1, -0.05) is 10.3 Å². The Balaban J connectivity index is 2.04. The molecule has 19 heavy (non-hydrogen) atoms. The van der Waals surface area contributed by atoms with Crippen molar-refractivity contribution >= 4 is 5.84 Å². The number of nitrogens with zero attached hydrogens (tertiary/aromatic N) is 3. The molecule has 100 valence electrons. The Labute approximate surface area is 108 Å². The van der Waals surface area contributed by atoms with Gasteiger partial charge in [-0.2, -0.15) is 0 Å². The molecule has 2 rings (SSSR count). The van der Waals surface area contributed by atoms with Crippen molar-refractivity contribution in [2.45, 2.75) is 6.61 Å². The van der Waals surface area contributed by atoms with Crippen LogP contribution in [0.2, 0.25) is 0 Å². The van der Waals surface area contributed by atoms with Gasteiger partial charge in [0.2, 0.25) is 0 Å². The number of methoxy groups -OCH3 is 1. The van der Waals surface area contributed by atoms with Crippen molar-refractivity contribution in [1.82, 2.24) is 10.3 Å². The van der Waals surface area contributed by atoms with Gasteiger partial charge in [-0.05, 0) is 29.4 Å². The van der Waals surface area contributed by atoms with Crippen molar-refractivity contribution in [2.24, 2.45) is 10.9 Å². The zero-order valence-electron chi connectivity index (χ0n) is 10.1. The lowest BCUT2D eigenvalue weighted by molar-refractivity contribution is 0.270. The summed E-state index contributed by atoms with van der Waals surface area (Å²) in [5, 5.41) is 18.6. The van der Waals surface area contributed by atoms with Gasteiger partial charge in [-0.3, -0.25) is 0 Å². The summed E-state index contributed by atoms with van der Waals surface area (Å²) in [6.07, 6.45) is 0. The zero-order chi connectivity index (χ0) is 13.7. The van der Waals surface area contributed by atoms with Crippen LogP contribution in [-0.4, -0.2) is 28.5 Å². The van der Waals surface area contributed by atoms with Crippen LogP contribution < -0.4 is 15.2 Å². The topological polar surface area (TPSA) is 116 Å². The van der Waals surface area contributed by atoms with Gasteiger partial charge in [0.1, 0.15) is 18.1 Å². The van der Waals surface area contributed by atoms with E-state index >= 15 is 0 Å². The molecule has 3 N–H and O–H groups in total. The molecule has 0 aliphatic heterocycles. The Kier molecular flexibility index (Phi) is 3.81. The first-order valence-electron chi connectivity index (χ1n) is 5.30. The predicted octanol–water partition coefficient (Wildman–Crippen LogP) is 0.752. The number of amidine groups is 1. The lowest BCUT2D eigenvalue weighted by atomic mass is 10.3. The maximum absolute atomic E-state index is 8.57. The van der Waals surface area contributed by atoms with Crippen LogP contribution >= 0.6 is 0 Å². The molecule has 1 heterocycles. The lowest BCUT2D eigenvalue weighted by Gasteiger charge is -2.05. The smallest absolute Gasteiger partial charge is 0.194 e. The van der Waals surface area contributed by atoms with E-state index in [2.05, 4.69) is 20.1 Å². The van der Waals surface area contributed by atoms with Gasteiger partial charge in [0.05, 0.1) is 7.11 Å². The van der Waals surface area contributed by atoms with E-state index in [-0.39, 0.29) is 18.1 Å². The second-order valence-corrected chi connectivity index (χ2v) is 3.51. The van der Waals surface area contributed by atoms with Crippen LogP contribution in [0.3, 0.4) is 0 Å². The summed E-state index contributed by atoms with van der Waals surface area (Å²) in [6, 6.07) is 7.02. The highest BCUT2D eigenvalue weighted by Gasteiger charge is 2.14. The molecule has 0 amide bonds. The second-order valence-electron chi connectivity index (χ2n) is 3.51. The summed E-state index contributed by atoms with van der Waals surface area (Å²) >= 11 is 0. The van der Waals surface area contributed by atoms with Gasteiger partial charge >= 0.3 is 0 Å². The molecule has 2 aromatic rings. The van der Waals surface area contributed by atoms with Gasteiger partial charge in [-0.15, -0.1) is 0 Å². The van der Waals surface area contributed by atoms with Gasteiger partial charge in [-0.25, -0.2) is 4.63 Å². The Hall–Kier alpha value is -2.77. The van der Waals surface area contributed by atoms with Crippen LogP contribution in [0.1, 0.15) is 11.4 Å². The fourth-order valence-electron chi connectivity index (χ4n) is 1.37. The Morgan fingerprint density at radius 1 is 1.32 bits per heavy atom. The normalized spacial score (nSPS) is 11.3.